The Morgan fingerprint density at radius 3 is 2.63 bits per heavy atom. The zero-order valence-corrected chi connectivity index (χ0v) is 15.8. The Morgan fingerprint density at radius 1 is 1.22 bits per heavy atom. The lowest BCUT2D eigenvalue weighted by Crippen LogP contribution is -2.37. The van der Waals surface area contributed by atoms with Crippen molar-refractivity contribution < 1.29 is 9.53 Å². The summed E-state index contributed by atoms with van der Waals surface area (Å²) in [6.07, 6.45) is 0. The first kappa shape index (κ1) is 18.8. The van der Waals surface area contributed by atoms with Gasteiger partial charge in [-0.3, -0.25) is 14.2 Å². The minimum absolute atomic E-state index is 0.175. The molecule has 1 aromatic carbocycles. The van der Waals surface area contributed by atoms with Gasteiger partial charge in [-0.05, 0) is 45.3 Å². The number of carbonyl (C=O) groups is 1. The Morgan fingerprint density at radius 2 is 1.96 bits per heavy atom. The van der Waals surface area contributed by atoms with Gasteiger partial charge >= 0.3 is 0 Å². The van der Waals surface area contributed by atoms with Crippen LogP contribution in [0, 0.1) is 0 Å². The van der Waals surface area contributed by atoms with Crippen LogP contribution in [0.15, 0.2) is 29.1 Å². The second-order valence-electron chi connectivity index (χ2n) is 6.44. The van der Waals surface area contributed by atoms with E-state index in [4.69, 9.17) is 4.74 Å². The number of aromatic nitrogens is 3. The van der Waals surface area contributed by atoms with E-state index < -0.39 is 11.5 Å². The van der Waals surface area contributed by atoms with Crippen molar-refractivity contribution in [2.75, 3.05) is 45.2 Å². The number of hydrogen-bond donors (Lipinski definition) is 1. The van der Waals surface area contributed by atoms with E-state index in [1.54, 1.807) is 0 Å². The van der Waals surface area contributed by atoms with Gasteiger partial charge in [-0.15, -0.1) is 10.2 Å². The second kappa shape index (κ2) is 8.17. The number of fused-ring (bicyclic) bond motifs is 1. The monoisotopic (exact) mass is 372 g/mol. The quantitative estimate of drug-likeness (QED) is 0.756. The smallest absolute Gasteiger partial charge is 0.286 e. The maximum atomic E-state index is 12.7. The summed E-state index contributed by atoms with van der Waals surface area (Å²) in [4.78, 5) is 28.7. The first-order valence-corrected chi connectivity index (χ1v) is 8.92. The van der Waals surface area contributed by atoms with Crippen LogP contribution in [0.25, 0.3) is 0 Å². The molecule has 3 rings (SSSR count). The van der Waals surface area contributed by atoms with Gasteiger partial charge in [0.25, 0.3) is 11.5 Å². The number of nitrogens with one attached hydrogen (secondary N) is 1. The van der Waals surface area contributed by atoms with Crippen molar-refractivity contribution in [3.8, 4) is 5.75 Å². The molecule has 2 heterocycles. The van der Waals surface area contributed by atoms with Crippen LogP contribution in [-0.2, 0) is 6.54 Å². The van der Waals surface area contributed by atoms with Gasteiger partial charge in [0, 0.05) is 31.9 Å². The molecule has 0 saturated carbocycles. The van der Waals surface area contributed by atoms with E-state index in [-0.39, 0.29) is 5.69 Å². The molecular formula is C18H24N6O3. The van der Waals surface area contributed by atoms with Gasteiger partial charge in [0.15, 0.2) is 0 Å². The number of likely N-dealkylation sites (N-methyl/N-ethyl adjacent to an activating group) is 1. The van der Waals surface area contributed by atoms with Crippen LogP contribution < -0.4 is 20.5 Å². The van der Waals surface area contributed by atoms with E-state index >= 15 is 0 Å². The minimum atomic E-state index is -0.496. The Labute approximate surface area is 157 Å². The van der Waals surface area contributed by atoms with Crippen molar-refractivity contribution in [2.24, 2.45) is 0 Å². The van der Waals surface area contributed by atoms with E-state index in [1.165, 1.54) is 4.57 Å². The Kier molecular flexibility index (Phi) is 5.70. The highest BCUT2D eigenvalue weighted by Crippen LogP contribution is 2.28. The average molecular weight is 372 g/mol. The van der Waals surface area contributed by atoms with Crippen LogP contribution in [-0.4, -0.2) is 65.9 Å². The van der Waals surface area contributed by atoms with Crippen molar-refractivity contribution in [1.29, 1.82) is 0 Å². The average Bonchev–Trinajstić information content (AvgIpc) is 3.07. The highest BCUT2D eigenvalue weighted by molar-refractivity contribution is 5.91. The molecule has 1 amide bonds. The molecule has 0 unspecified atom stereocenters. The van der Waals surface area contributed by atoms with Crippen LogP contribution in [0.4, 0.5) is 11.6 Å². The van der Waals surface area contributed by atoms with E-state index in [9.17, 15) is 9.59 Å². The van der Waals surface area contributed by atoms with Crippen molar-refractivity contribution in [3.63, 3.8) is 0 Å². The summed E-state index contributed by atoms with van der Waals surface area (Å²) >= 11 is 0. The third-order valence-electron chi connectivity index (χ3n) is 4.24. The summed E-state index contributed by atoms with van der Waals surface area (Å²) in [7, 11) is 3.82. The Hall–Kier alpha value is -2.94. The Bertz CT molecular complexity index is 862. The van der Waals surface area contributed by atoms with Crippen molar-refractivity contribution in [3.05, 3.63) is 40.3 Å². The molecule has 1 aliphatic heterocycles. The number of benzene rings is 1. The molecule has 2 aromatic rings. The number of ether oxygens (including phenoxy) is 1. The molecule has 9 nitrogen and oxygen atoms in total. The van der Waals surface area contributed by atoms with E-state index in [2.05, 4.69) is 15.5 Å². The SMILES string of the molecule is CCOc1ccc(N2CCn3c2nnc(C(=O)NCCN(C)C)c3=O)cc1. The van der Waals surface area contributed by atoms with Crippen molar-refractivity contribution in [2.45, 2.75) is 13.5 Å². The van der Waals surface area contributed by atoms with Crippen LogP contribution in [0.3, 0.4) is 0 Å². The molecule has 1 aromatic heterocycles. The first-order valence-electron chi connectivity index (χ1n) is 8.92. The van der Waals surface area contributed by atoms with Crippen LogP contribution in [0.2, 0.25) is 0 Å². The number of nitrogens with zero attached hydrogens (tertiary/aromatic N) is 5. The molecular weight excluding hydrogens is 348 g/mol. The normalized spacial score (nSPS) is 13.0. The van der Waals surface area contributed by atoms with Crippen molar-refractivity contribution >= 4 is 17.5 Å². The third kappa shape index (κ3) is 4.08. The number of rotatable bonds is 7. The summed E-state index contributed by atoms with van der Waals surface area (Å²) < 4.78 is 6.94. The van der Waals surface area contributed by atoms with E-state index in [1.807, 2.05) is 55.1 Å². The molecule has 0 bridgehead atoms. The molecule has 0 spiro atoms. The summed E-state index contributed by atoms with van der Waals surface area (Å²) in [6, 6.07) is 7.57. The highest BCUT2D eigenvalue weighted by atomic mass is 16.5. The third-order valence-corrected chi connectivity index (χ3v) is 4.24. The second-order valence-corrected chi connectivity index (χ2v) is 6.44. The van der Waals surface area contributed by atoms with Gasteiger partial charge in [0.1, 0.15) is 5.75 Å². The Balaban J connectivity index is 1.79. The van der Waals surface area contributed by atoms with Gasteiger partial charge < -0.3 is 19.9 Å². The molecule has 27 heavy (non-hydrogen) atoms. The van der Waals surface area contributed by atoms with Gasteiger partial charge in [-0.1, -0.05) is 0 Å². The minimum Gasteiger partial charge on any atom is -0.494 e. The van der Waals surface area contributed by atoms with Crippen LogP contribution in [0.1, 0.15) is 17.4 Å². The standard InChI is InChI=1S/C18H24N6O3/c1-4-27-14-7-5-13(6-8-14)23-11-12-24-17(26)15(20-21-18(23)24)16(25)19-9-10-22(2)3/h5-8H,4,9-12H2,1-3H3,(H,19,25). The molecule has 0 atom stereocenters. The summed E-state index contributed by atoms with van der Waals surface area (Å²) in [5.41, 5.74) is 0.295. The van der Waals surface area contributed by atoms with Gasteiger partial charge in [-0.25, -0.2) is 0 Å². The molecule has 0 aliphatic carbocycles. The topological polar surface area (TPSA) is 92.6 Å². The zero-order valence-electron chi connectivity index (χ0n) is 15.8. The molecule has 144 valence electrons. The predicted octanol–water partition coefficient (Wildman–Crippen LogP) is 0.480. The molecule has 9 heteroatoms. The molecule has 0 saturated heterocycles. The highest BCUT2D eigenvalue weighted by Gasteiger charge is 2.27. The maximum absolute atomic E-state index is 12.7. The van der Waals surface area contributed by atoms with Gasteiger partial charge in [-0.2, -0.15) is 0 Å². The number of carbonyl (C=O) groups excluding carboxylic acids is 1. The van der Waals surface area contributed by atoms with E-state index in [0.29, 0.717) is 38.7 Å². The van der Waals surface area contributed by atoms with Crippen LogP contribution in [0.5, 0.6) is 5.75 Å². The van der Waals surface area contributed by atoms with Gasteiger partial charge in [0.05, 0.1) is 6.61 Å². The van der Waals surface area contributed by atoms with Gasteiger partial charge in [0.2, 0.25) is 11.6 Å². The summed E-state index contributed by atoms with van der Waals surface area (Å²) in [5, 5.41) is 10.7. The zero-order chi connectivity index (χ0) is 19.4. The number of hydrogen-bond acceptors (Lipinski definition) is 7. The number of anilines is 2. The van der Waals surface area contributed by atoms with Crippen molar-refractivity contribution in [1.82, 2.24) is 25.0 Å². The van der Waals surface area contributed by atoms with Crippen LogP contribution >= 0.6 is 0 Å². The van der Waals surface area contributed by atoms with E-state index in [0.717, 1.165) is 11.4 Å². The molecule has 0 radical (unpaired) electrons. The lowest BCUT2D eigenvalue weighted by atomic mass is 10.3. The number of amides is 1. The summed E-state index contributed by atoms with van der Waals surface area (Å²) in [6.45, 7) is 4.69. The molecule has 1 N–H and O–H groups in total. The largest absolute Gasteiger partial charge is 0.494 e. The predicted molar refractivity (Wildman–Crippen MR) is 102 cm³/mol. The fourth-order valence-corrected chi connectivity index (χ4v) is 2.86. The lowest BCUT2D eigenvalue weighted by Gasteiger charge is -2.17. The first-order chi connectivity index (χ1) is 13.0. The molecule has 0 fully saturated rings. The summed E-state index contributed by atoms with van der Waals surface area (Å²) in [5.74, 6) is 0.729. The lowest BCUT2D eigenvalue weighted by molar-refractivity contribution is 0.0942. The molecule has 1 aliphatic rings. The fourth-order valence-electron chi connectivity index (χ4n) is 2.86. The fraction of sp³-hybridized carbons (Fsp3) is 0.444. The maximum Gasteiger partial charge on any atom is 0.286 e.